The molecule has 0 saturated carbocycles. The molecule has 0 atom stereocenters. The summed E-state index contributed by atoms with van der Waals surface area (Å²) < 4.78 is 5.52. The van der Waals surface area contributed by atoms with Crippen molar-refractivity contribution in [2.24, 2.45) is 4.99 Å². The number of amides is 1. The standard InChI is InChI=1S/C23H19ClN2O2/c1-28-23(25-22(27)16-10-12-19(24)13-11-16)26-14-17-6-2-4-8-20(17)21-9-5-3-7-18(21)15-26/h2-13H,14-15H2,1H3. The van der Waals surface area contributed by atoms with Gasteiger partial charge in [-0.2, -0.15) is 4.99 Å². The van der Waals surface area contributed by atoms with Gasteiger partial charge in [0.05, 0.1) is 7.11 Å². The number of hydrogen-bond acceptors (Lipinski definition) is 2. The Labute approximate surface area is 169 Å². The molecule has 0 radical (unpaired) electrons. The van der Waals surface area contributed by atoms with E-state index in [1.54, 1.807) is 24.3 Å². The normalized spacial score (nSPS) is 13.4. The predicted octanol–water partition coefficient (Wildman–Crippen LogP) is 5.17. The molecule has 0 saturated heterocycles. The van der Waals surface area contributed by atoms with Crippen LogP contribution in [0.1, 0.15) is 21.5 Å². The first-order valence-corrected chi connectivity index (χ1v) is 9.37. The van der Waals surface area contributed by atoms with Crippen molar-refractivity contribution in [3.8, 4) is 11.1 Å². The highest BCUT2D eigenvalue weighted by atomic mass is 35.5. The van der Waals surface area contributed by atoms with Gasteiger partial charge in [-0.3, -0.25) is 4.79 Å². The average Bonchev–Trinajstić information content (AvgIpc) is 2.89. The monoisotopic (exact) mass is 390 g/mol. The molecule has 1 heterocycles. The van der Waals surface area contributed by atoms with Crippen LogP contribution in [-0.2, 0) is 17.8 Å². The van der Waals surface area contributed by atoms with E-state index in [0.29, 0.717) is 29.7 Å². The molecule has 1 aliphatic rings. The number of fused-ring (bicyclic) bond motifs is 3. The number of carbonyl (C=O) groups excluding carboxylic acids is 1. The summed E-state index contributed by atoms with van der Waals surface area (Å²) in [6, 6.07) is 23.5. The summed E-state index contributed by atoms with van der Waals surface area (Å²) in [7, 11) is 1.54. The van der Waals surface area contributed by atoms with Crippen LogP contribution in [0.15, 0.2) is 77.8 Å². The molecule has 0 bridgehead atoms. The number of methoxy groups -OCH3 is 1. The van der Waals surface area contributed by atoms with Gasteiger partial charge in [0, 0.05) is 23.7 Å². The molecule has 0 spiro atoms. The average molecular weight is 391 g/mol. The van der Waals surface area contributed by atoms with Gasteiger partial charge in [-0.05, 0) is 46.5 Å². The highest BCUT2D eigenvalue weighted by molar-refractivity contribution is 6.30. The molecule has 0 aromatic heterocycles. The van der Waals surface area contributed by atoms with E-state index in [1.165, 1.54) is 18.2 Å². The molecule has 1 amide bonds. The fraction of sp³-hybridized carbons (Fsp3) is 0.130. The van der Waals surface area contributed by atoms with Crippen molar-refractivity contribution < 1.29 is 9.53 Å². The SMILES string of the molecule is COC(=NC(=O)c1ccc(Cl)cc1)N1Cc2ccccc2-c2ccccc2C1. The summed E-state index contributed by atoms with van der Waals surface area (Å²) in [5.41, 5.74) is 5.18. The number of hydrogen-bond donors (Lipinski definition) is 0. The number of benzene rings is 3. The molecule has 5 heteroatoms. The molecule has 0 fully saturated rings. The van der Waals surface area contributed by atoms with E-state index in [0.717, 1.165) is 11.1 Å². The molecular weight excluding hydrogens is 372 g/mol. The fourth-order valence-electron chi connectivity index (χ4n) is 3.43. The van der Waals surface area contributed by atoms with E-state index in [9.17, 15) is 4.79 Å². The van der Waals surface area contributed by atoms with Gasteiger partial charge in [-0.1, -0.05) is 60.1 Å². The maximum atomic E-state index is 12.6. The van der Waals surface area contributed by atoms with E-state index in [-0.39, 0.29) is 5.91 Å². The molecule has 4 nitrogen and oxygen atoms in total. The third-order valence-corrected chi connectivity index (χ3v) is 5.04. The lowest BCUT2D eigenvalue weighted by Crippen LogP contribution is -2.31. The first-order chi connectivity index (χ1) is 13.7. The van der Waals surface area contributed by atoms with Gasteiger partial charge in [0.25, 0.3) is 11.9 Å². The smallest absolute Gasteiger partial charge is 0.295 e. The minimum absolute atomic E-state index is 0.298. The van der Waals surface area contributed by atoms with Crippen molar-refractivity contribution in [2.75, 3.05) is 7.11 Å². The second-order valence-corrected chi connectivity index (χ2v) is 7.02. The van der Waals surface area contributed by atoms with Crippen molar-refractivity contribution in [2.45, 2.75) is 13.1 Å². The third-order valence-electron chi connectivity index (χ3n) is 4.79. The number of amidine groups is 1. The Morgan fingerprint density at radius 2 is 1.43 bits per heavy atom. The zero-order chi connectivity index (χ0) is 19.5. The molecule has 0 aliphatic carbocycles. The maximum absolute atomic E-state index is 12.6. The van der Waals surface area contributed by atoms with Gasteiger partial charge in [-0.25, -0.2) is 0 Å². The molecule has 0 unspecified atom stereocenters. The molecule has 3 aromatic carbocycles. The van der Waals surface area contributed by atoms with Crippen LogP contribution in [0.2, 0.25) is 5.02 Å². The molecule has 4 rings (SSSR count). The predicted molar refractivity (Wildman–Crippen MR) is 111 cm³/mol. The van der Waals surface area contributed by atoms with Crippen LogP contribution < -0.4 is 0 Å². The van der Waals surface area contributed by atoms with Gasteiger partial charge < -0.3 is 9.64 Å². The second kappa shape index (κ2) is 7.87. The number of ether oxygens (including phenoxy) is 1. The largest absolute Gasteiger partial charge is 0.468 e. The lowest BCUT2D eigenvalue weighted by molar-refractivity contribution is 0.0995. The zero-order valence-corrected chi connectivity index (χ0v) is 16.2. The summed E-state index contributed by atoms with van der Waals surface area (Å²) in [5.74, 6) is -0.362. The van der Waals surface area contributed by atoms with Crippen LogP contribution in [0.5, 0.6) is 0 Å². The van der Waals surface area contributed by atoms with E-state index in [1.807, 2.05) is 29.2 Å². The highest BCUT2D eigenvalue weighted by Gasteiger charge is 2.22. The topological polar surface area (TPSA) is 41.9 Å². The van der Waals surface area contributed by atoms with Crippen LogP contribution in [0, 0.1) is 0 Å². The Kier molecular flexibility index (Phi) is 5.13. The Morgan fingerprint density at radius 1 is 0.893 bits per heavy atom. The van der Waals surface area contributed by atoms with E-state index < -0.39 is 0 Å². The van der Waals surface area contributed by atoms with Crippen LogP contribution >= 0.6 is 11.6 Å². The van der Waals surface area contributed by atoms with Crippen molar-refractivity contribution >= 4 is 23.5 Å². The van der Waals surface area contributed by atoms with Crippen molar-refractivity contribution in [3.05, 3.63) is 94.5 Å². The van der Waals surface area contributed by atoms with Crippen LogP contribution in [0.25, 0.3) is 11.1 Å². The number of aliphatic imine (C=N–C) groups is 1. The van der Waals surface area contributed by atoms with E-state index >= 15 is 0 Å². The van der Waals surface area contributed by atoms with Crippen molar-refractivity contribution in [3.63, 3.8) is 0 Å². The van der Waals surface area contributed by atoms with E-state index in [4.69, 9.17) is 16.3 Å². The number of rotatable bonds is 1. The Hall–Kier alpha value is -3.11. The molecule has 1 aliphatic heterocycles. The molecule has 3 aromatic rings. The third kappa shape index (κ3) is 3.64. The van der Waals surface area contributed by atoms with Crippen molar-refractivity contribution in [1.82, 2.24) is 4.90 Å². The molecular formula is C23H19ClN2O2. The summed E-state index contributed by atoms with van der Waals surface area (Å²) in [6.45, 7) is 1.21. The number of carbonyl (C=O) groups is 1. The molecule has 28 heavy (non-hydrogen) atoms. The lowest BCUT2D eigenvalue weighted by Gasteiger charge is -2.23. The van der Waals surface area contributed by atoms with Gasteiger partial charge in [0.2, 0.25) is 0 Å². The van der Waals surface area contributed by atoms with Gasteiger partial charge in [0.15, 0.2) is 0 Å². The van der Waals surface area contributed by atoms with Crippen LogP contribution in [-0.4, -0.2) is 23.9 Å². The molecule has 0 N–H and O–H groups in total. The summed E-state index contributed by atoms with van der Waals surface area (Å²) in [4.78, 5) is 18.8. The first kappa shape index (κ1) is 18.3. The van der Waals surface area contributed by atoms with Crippen LogP contribution in [0.4, 0.5) is 0 Å². The summed E-state index contributed by atoms with van der Waals surface area (Å²) >= 11 is 5.90. The maximum Gasteiger partial charge on any atom is 0.295 e. The zero-order valence-electron chi connectivity index (χ0n) is 15.4. The Balaban J connectivity index is 1.71. The Bertz CT molecular complexity index is 997. The number of nitrogens with zero attached hydrogens (tertiary/aromatic N) is 2. The van der Waals surface area contributed by atoms with E-state index in [2.05, 4.69) is 29.3 Å². The number of halogens is 1. The quantitative estimate of drug-likeness (QED) is 0.425. The second-order valence-electron chi connectivity index (χ2n) is 6.58. The first-order valence-electron chi connectivity index (χ1n) is 8.99. The van der Waals surface area contributed by atoms with Gasteiger partial charge in [0.1, 0.15) is 0 Å². The van der Waals surface area contributed by atoms with Gasteiger partial charge >= 0.3 is 0 Å². The van der Waals surface area contributed by atoms with Crippen LogP contribution in [0.3, 0.4) is 0 Å². The molecule has 140 valence electrons. The lowest BCUT2D eigenvalue weighted by atomic mass is 9.97. The minimum atomic E-state index is -0.362. The van der Waals surface area contributed by atoms with Crippen molar-refractivity contribution in [1.29, 1.82) is 0 Å². The summed E-state index contributed by atoms with van der Waals surface area (Å²) in [6.07, 6.45) is 0. The highest BCUT2D eigenvalue weighted by Crippen LogP contribution is 2.32. The minimum Gasteiger partial charge on any atom is -0.468 e. The fourth-order valence-corrected chi connectivity index (χ4v) is 3.56. The van der Waals surface area contributed by atoms with Gasteiger partial charge in [-0.15, -0.1) is 0 Å². The Morgan fingerprint density at radius 3 is 1.96 bits per heavy atom. The summed E-state index contributed by atoms with van der Waals surface area (Å²) in [5, 5.41) is 0.577.